The van der Waals surface area contributed by atoms with E-state index in [1.807, 2.05) is 7.05 Å². The number of unbranched alkanes of at least 4 members (excludes halogenated alkanes) is 21. The first-order chi connectivity index (χ1) is 20.7. The summed E-state index contributed by atoms with van der Waals surface area (Å²) in [6.45, 7) is 5.52. The van der Waals surface area contributed by atoms with Crippen LogP contribution in [0.4, 0.5) is 0 Å². The molecule has 0 aliphatic heterocycles. The maximum Gasteiger partial charge on any atom is 0.306 e. The Morgan fingerprint density at radius 3 is 1.31 bits per heavy atom. The zero-order valence-electron chi connectivity index (χ0n) is 28.9. The first kappa shape index (κ1) is 40.9. The highest BCUT2D eigenvalue weighted by molar-refractivity contribution is 5.69. The zero-order valence-corrected chi connectivity index (χ0v) is 28.9. The molecule has 0 rings (SSSR count). The van der Waals surface area contributed by atoms with Crippen LogP contribution >= 0.6 is 0 Å². The van der Waals surface area contributed by atoms with Crippen molar-refractivity contribution in [3.05, 3.63) is 24.3 Å². The van der Waals surface area contributed by atoms with E-state index in [-0.39, 0.29) is 12.1 Å². The van der Waals surface area contributed by atoms with Gasteiger partial charge in [-0.25, -0.2) is 0 Å². The Kier molecular flexibility index (Phi) is 35.2. The Hall–Kier alpha value is -1.09. The standard InChI is InChI=1S/C39H75NO2/c1-4-6-8-10-12-14-16-18-20-22-24-26-28-30-34-38(42-39(41)36-32-33-37-40-3)35-31-29-27-25-23-21-19-17-15-13-11-9-7-5-2/h14-17,38,40H,4-13,18-37H2,1-3H3/b16-14-,17-15-. The van der Waals surface area contributed by atoms with Crippen molar-refractivity contribution < 1.29 is 9.53 Å². The molecule has 0 atom stereocenters. The van der Waals surface area contributed by atoms with Gasteiger partial charge in [0, 0.05) is 6.42 Å². The quantitative estimate of drug-likeness (QED) is 0.0461. The molecule has 0 radical (unpaired) electrons. The number of hydrogen-bond donors (Lipinski definition) is 1. The van der Waals surface area contributed by atoms with Crippen molar-refractivity contribution in [1.29, 1.82) is 0 Å². The summed E-state index contributed by atoms with van der Waals surface area (Å²) >= 11 is 0. The molecule has 3 nitrogen and oxygen atoms in total. The van der Waals surface area contributed by atoms with E-state index < -0.39 is 0 Å². The van der Waals surface area contributed by atoms with E-state index in [0.29, 0.717) is 6.42 Å². The van der Waals surface area contributed by atoms with Gasteiger partial charge in [0.1, 0.15) is 6.10 Å². The second-order valence-electron chi connectivity index (χ2n) is 12.7. The second-order valence-corrected chi connectivity index (χ2v) is 12.7. The number of esters is 1. The molecule has 0 bridgehead atoms. The normalized spacial score (nSPS) is 11.9. The topological polar surface area (TPSA) is 38.3 Å². The molecule has 0 aliphatic carbocycles. The van der Waals surface area contributed by atoms with Crippen LogP contribution in [0.2, 0.25) is 0 Å². The summed E-state index contributed by atoms with van der Waals surface area (Å²) in [6.07, 6.45) is 45.9. The predicted molar refractivity (Wildman–Crippen MR) is 187 cm³/mol. The molecule has 248 valence electrons. The lowest BCUT2D eigenvalue weighted by Gasteiger charge is -2.18. The van der Waals surface area contributed by atoms with E-state index in [0.717, 1.165) is 32.2 Å². The lowest BCUT2D eigenvalue weighted by Crippen LogP contribution is -2.18. The molecule has 0 saturated carbocycles. The van der Waals surface area contributed by atoms with E-state index in [1.165, 1.54) is 154 Å². The summed E-state index contributed by atoms with van der Waals surface area (Å²) in [7, 11) is 1.97. The number of allylic oxidation sites excluding steroid dienone is 4. The van der Waals surface area contributed by atoms with Crippen molar-refractivity contribution in [3.8, 4) is 0 Å². The van der Waals surface area contributed by atoms with E-state index in [1.54, 1.807) is 0 Å². The van der Waals surface area contributed by atoms with Crippen molar-refractivity contribution in [2.24, 2.45) is 0 Å². The Balaban J connectivity index is 3.97. The van der Waals surface area contributed by atoms with Gasteiger partial charge < -0.3 is 10.1 Å². The summed E-state index contributed by atoms with van der Waals surface area (Å²) < 4.78 is 5.98. The minimum atomic E-state index is 0.0212. The summed E-state index contributed by atoms with van der Waals surface area (Å²) in [5.41, 5.74) is 0. The molecular weight excluding hydrogens is 514 g/mol. The summed E-state index contributed by atoms with van der Waals surface area (Å²) in [5, 5.41) is 3.16. The number of carbonyl (C=O) groups is 1. The van der Waals surface area contributed by atoms with Gasteiger partial charge >= 0.3 is 5.97 Å². The average Bonchev–Trinajstić information content (AvgIpc) is 2.99. The Bertz CT molecular complexity index is 547. The van der Waals surface area contributed by atoms with Gasteiger partial charge in [-0.1, -0.05) is 128 Å². The van der Waals surface area contributed by atoms with Gasteiger partial charge in [-0.2, -0.15) is 0 Å². The molecule has 0 amide bonds. The van der Waals surface area contributed by atoms with E-state index >= 15 is 0 Å². The minimum Gasteiger partial charge on any atom is -0.462 e. The Morgan fingerprint density at radius 1 is 0.524 bits per heavy atom. The third kappa shape index (κ3) is 33.4. The molecule has 0 aromatic carbocycles. The third-order valence-electron chi connectivity index (χ3n) is 8.43. The number of nitrogens with one attached hydrogen (secondary N) is 1. The predicted octanol–water partition coefficient (Wildman–Crippen LogP) is 12.6. The fraction of sp³-hybridized carbons (Fsp3) is 0.872. The molecule has 0 unspecified atom stereocenters. The number of carbonyl (C=O) groups excluding carboxylic acids is 1. The highest BCUT2D eigenvalue weighted by atomic mass is 16.5. The van der Waals surface area contributed by atoms with Crippen LogP contribution in [0.5, 0.6) is 0 Å². The Morgan fingerprint density at radius 2 is 0.905 bits per heavy atom. The number of ether oxygens (including phenoxy) is 1. The average molecular weight is 590 g/mol. The van der Waals surface area contributed by atoms with Crippen LogP contribution in [0.25, 0.3) is 0 Å². The molecule has 0 aromatic heterocycles. The lowest BCUT2D eigenvalue weighted by molar-refractivity contribution is -0.150. The van der Waals surface area contributed by atoms with Gasteiger partial charge in [0.05, 0.1) is 0 Å². The van der Waals surface area contributed by atoms with Crippen LogP contribution in [-0.2, 0) is 9.53 Å². The summed E-state index contributed by atoms with van der Waals surface area (Å²) in [4.78, 5) is 12.5. The first-order valence-corrected chi connectivity index (χ1v) is 18.9. The van der Waals surface area contributed by atoms with Crippen molar-refractivity contribution in [2.45, 2.75) is 206 Å². The molecular formula is C39H75NO2. The SMILES string of the molecule is CCCCCC/C=C\CCCCCCCCC(CCCCCCCC/C=C\CCCCCC)OC(=O)CCCCNC. The first-order valence-electron chi connectivity index (χ1n) is 18.9. The number of hydrogen-bond acceptors (Lipinski definition) is 3. The van der Waals surface area contributed by atoms with Crippen LogP contribution in [0.3, 0.4) is 0 Å². The molecule has 3 heteroatoms. The van der Waals surface area contributed by atoms with Crippen molar-refractivity contribution >= 4 is 5.97 Å². The van der Waals surface area contributed by atoms with Crippen LogP contribution in [-0.4, -0.2) is 25.7 Å². The highest BCUT2D eigenvalue weighted by Gasteiger charge is 2.14. The lowest BCUT2D eigenvalue weighted by atomic mass is 10.0. The van der Waals surface area contributed by atoms with Crippen molar-refractivity contribution in [1.82, 2.24) is 5.32 Å². The van der Waals surface area contributed by atoms with Gasteiger partial charge in [-0.15, -0.1) is 0 Å². The van der Waals surface area contributed by atoms with Crippen LogP contribution in [0, 0.1) is 0 Å². The van der Waals surface area contributed by atoms with Gasteiger partial charge in [0.25, 0.3) is 0 Å². The molecule has 42 heavy (non-hydrogen) atoms. The molecule has 0 fully saturated rings. The van der Waals surface area contributed by atoms with E-state index in [4.69, 9.17) is 4.74 Å². The molecule has 0 spiro atoms. The van der Waals surface area contributed by atoms with Crippen molar-refractivity contribution in [2.75, 3.05) is 13.6 Å². The molecule has 0 heterocycles. The number of rotatable bonds is 34. The van der Waals surface area contributed by atoms with Crippen LogP contribution in [0.1, 0.15) is 200 Å². The summed E-state index contributed by atoms with van der Waals surface area (Å²) in [5.74, 6) is 0.0212. The van der Waals surface area contributed by atoms with Crippen LogP contribution in [0.15, 0.2) is 24.3 Å². The van der Waals surface area contributed by atoms with Gasteiger partial charge in [-0.3, -0.25) is 4.79 Å². The largest absolute Gasteiger partial charge is 0.462 e. The fourth-order valence-electron chi connectivity index (χ4n) is 5.61. The molecule has 0 aromatic rings. The summed E-state index contributed by atoms with van der Waals surface area (Å²) in [6, 6.07) is 0. The monoisotopic (exact) mass is 590 g/mol. The zero-order chi connectivity index (χ0) is 30.6. The fourth-order valence-corrected chi connectivity index (χ4v) is 5.61. The third-order valence-corrected chi connectivity index (χ3v) is 8.43. The minimum absolute atomic E-state index is 0.0212. The Labute approximate surface area is 264 Å². The van der Waals surface area contributed by atoms with E-state index in [2.05, 4.69) is 43.5 Å². The molecule has 1 N–H and O–H groups in total. The van der Waals surface area contributed by atoms with Crippen molar-refractivity contribution in [3.63, 3.8) is 0 Å². The second kappa shape index (κ2) is 36.1. The molecule has 0 aliphatic rings. The highest BCUT2D eigenvalue weighted by Crippen LogP contribution is 2.18. The van der Waals surface area contributed by atoms with Crippen LogP contribution < -0.4 is 5.32 Å². The maximum absolute atomic E-state index is 12.5. The smallest absolute Gasteiger partial charge is 0.306 e. The van der Waals surface area contributed by atoms with E-state index in [9.17, 15) is 4.79 Å². The molecule has 0 saturated heterocycles. The van der Waals surface area contributed by atoms with Gasteiger partial charge in [0.2, 0.25) is 0 Å². The van der Waals surface area contributed by atoms with Gasteiger partial charge in [-0.05, 0) is 103 Å². The maximum atomic E-state index is 12.5. The van der Waals surface area contributed by atoms with Gasteiger partial charge in [0.15, 0.2) is 0 Å².